The van der Waals surface area contributed by atoms with E-state index in [1.165, 1.54) is 16.4 Å². The summed E-state index contributed by atoms with van der Waals surface area (Å²) in [6, 6.07) is 10.1. The number of amides is 1. The van der Waals surface area contributed by atoms with Crippen molar-refractivity contribution in [3.05, 3.63) is 52.5 Å². The van der Waals surface area contributed by atoms with Crippen molar-refractivity contribution >= 4 is 33.2 Å². The van der Waals surface area contributed by atoms with Crippen LogP contribution < -0.4 is 9.64 Å². The van der Waals surface area contributed by atoms with Gasteiger partial charge in [-0.2, -0.15) is 4.31 Å². The third-order valence-corrected chi connectivity index (χ3v) is 8.15. The molecule has 0 N–H and O–H groups in total. The van der Waals surface area contributed by atoms with Crippen molar-refractivity contribution in [2.45, 2.75) is 43.8 Å². The van der Waals surface area contributed by atoms with E-state index in [2.05, 4.69) is 0 Å². The Labute approximate surface area is 193 Å². The lowest BCUT2D eigenvalue weighted by atomic mass is 10.0. The lowest BCUT2D eigenvalue weighted by molar-refractivity contribution is -0.0440. The van der Waals surface area contributed by atoms with Crippen LogP contribution in [-0.2, 0) is 21.2 Å². The SMILES string of the molecule is COc1ccc2c(c1)CCCN2C(=O)c1ccc(Cl)c(S(=O)(=O)N2C[C@@H](C)O[C@@H](C)C2)c1. The monoisotopic (exact) mass is 478 g/mol. The Bertz CT molecular complexity index is 1130. The fraction of sp³-hybridized carbons (Fsp3) is 0.435. The Hall–Kier alpha value is -2.13. The number of benzene rings is 2. The minimum Gasteiger partial charge on any atom is -0.497 e. The highest BCUT2D eigenvalue weighted by Crippen LogP contribution is 2.33. The quantitative estimate of drug-likeness (QED) is 0.669. The molecule has 1 saturated heterocycles. The molecular formula is C23H27ClN2O5S. The normalized spacial score (nSPS) is 21.8. The maximum Gasteiger partial charge on any atom is 0.258 e. The first-order valence-corrected chi connectivity index (χ1v) is 12.5. The fourth-order valence-electron chi connectivity index (χ4n) is 4.37. The Morgan fingerprint density at radius 1 is 1.12 bits per heavy atom. The molecule has 1 fully saturated rings. The highest BCUT2D eigenvalue weighted by atomic mass is 35.5. The Kier molecular flexibility index (Phi) is 6.49. The summed E-state index contributed by atoms with van der Waals surface area (Å²) in [5.41, 5.74) is 2.13. The van der Waals surface area contributed by atoms with Gasteiger partial charge in [0.2, 0.25) is 10.0 Å². The van der Waals surface area contributed by atoms with Crippen LogP contribution in [0.15, 0.2) is 41.3 Å². The minimum absolute atomic E-state index is 0.0571. The number of carbonyl (C=O) groups is 1. The van der Waals surface area contributed by atoms with E-state index in [-0.39, 0.29) is 46.7 Å². The van der Waals surface area contributed by atoms with Gasteiger partial charge in [-0.05, 0) is 68.7 Å². The summed E-state index contributed by atoms with van der Waals surface area (Å²) in [6.07, 6.45) is 1.22. The number of morpholine rings is 1. The van der Waals surface area contributed by atoms with E-state index in [1.54, 1.807) is 18.1 Å². The molecule has 1 amide bonds. The molecule has 2 aliphatic rings. The smallest absolute Gasteiger partial charge is 0.258 e. The summed E-state index contributed by atoms with van der Waals surface area (Å²) in [5, 5.41) is 0.0946. The van der Waals surface area contributed by atoms with Crippen molar-refractivity contribution in [2.75, 3.05) is 31.6 Å². The predicted molar refractivity (Wildman–Crippen MR) is 123 cm³/mol. The molecule has 2 atom stereocenters. The summed E-state index contributed by atoms with van der Waals surface area (Å²) in [6.45, 7) is 4.71. The number of methoxy groups -OCH3 is 1. The lowest BCUT2D eigenvalue weighted by Gasteiger charge is -2.34. The van der Waals surface area contributed by atoms with E-state index < -0.39 is 10.0 Å². The number of hydrogen-bond donors (Lipinski definition) is 0. The van der Waals surface area contributed by atoms with Crippen LogP contribution >= 0.6 is 11.6 Å². The van der Waals surface area contributed by atoms with E-state index in [0.29, 0.717) is 6.54 Å². The maximum atomic E-state index is 13.4. The molecule has 7 nitrogen and oxygen atoms in total. The largest absolute Gasteiger partial charge is 0.497 e. The van der Waals surface area contributed by atoms with Gasteiger partial charge < -0.3 is 14.4 Å². The van der Waals surface area contributed by atoms with E-state index >= 15 is 0 Å². The number of halogens is 1. The van der Waals surface area contributed by atoms with Crippen LogP contribution in [-0.4, -0.2) is 57.6 Å². The van der Waals surface area contributed by atoms with Gasteiger partial charge in [-0.25, -0.2) is 8.42 Å². The Morgan fingerprint density at radius 3 is 2.53 bits per heavy atom. The number of hydrogen-bond acceptors (Lipinski definition) is 5. The molecular weight excluding hydrogens is 452 g/mol. The van der Waals surface area contributed by atoms with Gasteiger partial charge in [0.15, 0.2) is 0 Å². The van der Waals surface area contributed by atoms with Crippen molar-refractivity contribution in [3.63, 3.8) is 0 Å². The van der Waals surface area contributed by atoms with Gasteiger partial charge in [0, 0.05) is 30.9 Å². The lowest BCUT2D eigenvalue weighted by Crippen LogP contribution is -2.48. The summed E-state index contributed by atoms with van der Waals surface area (Å²) in [7, 11) is -2.27. The van der Waals surface area contributed by atoms with Gasteiger partial charge in [-0.3, -0.25) is 4.79 Å². The van der Waals surface area contributed by atoms with Gasteiger partial charge in [-0.15, -0.1) is 0 Å². The predicted octanol–water partition coefficient (Wildman–Crippen LogP) is 3.74. The zero-order valence-electron chi connectivity index (χ0n) is 18.4. The van der Waals surface area contributed by atoms with Crippen molar-refractivity contribution < 1.29 is 22.7 Å². The van der Waals surface area contributed by atoms with E-state index in [1.807, 2.05) is 32.0 Å². The molecule has 2 aliphatic heterocycles. The summed E-state index contributed by atoms with van der Waals surface area (Å²) in [4.78, 5) is 15.0. The van der Waals surface area contributed by atoms with E-state index in [9.17, 15) is 13.2 Å². The molecule has 9 heteroatoms. The number of carbonyl (C=O) groups excluding carboxylic acids is 1. The number of rotatable bonds is 4. The van der Waals surface area contributed by atoms with Crippen molar-refractivity contribution in [1.29, 1.82) is 0 Å². The first-order valence-electron chi connectivity index (χ1n) is 10.6. The first kappa shape index (κ1) is 23.0. The molecule has 2 heterocycles. The summed E-state index contributed by atoms with van der Waals surface area (Å²) in [5.74, 6) is 0.486. The van der Waals surface area contributed by atoms with Crippen LogP contribution in [0.1, 0.15) is 36.2 Å². The molecule has 0 aromatic heterocycles. The average Bonchev–Trinajstić information content (AvgIpc) is 2.77. The topological polar surface area (TPSA) is 76.2 Å². The number of sulfonamides is 1. The van der Waals surface area contributed by atoms with Gasteiger partial charge in [0.05, 0.1) is 24.3 Å². The molecule has 0 saturated carbocycles. The second-order valence-corrected chi connectivity index (χ2v) is 10.6. The first-order chi connectivity index (χ1) is 15.2. The second kappa shape index (κ2) is 9.02. The average molecular weight is 479 g/mol. The molecule has 2 aromatic rings. The zero-order valence-corrected chi connectivity index (χ0v) is 19.9. The molecule has 2 aromatic carbocycles. The van der Waals surface area contributed by atoms with Crippen molar-refractivity contribution in [1.82, 2.24) is 4.31 Å². The summed E-state index contributed by atoms with van der Waals surface area (Å²) >= 11 is 6.30. The highest BCUT2D eigenvalue weighted by Gasteiger charge is 2.34. The number of anilines is 1. The molecule has 0 bridgehead atoms. The highest BCUT2D eigenvalue weighted by molar-refractivity contribution is 7.89. The van der Waals surface area contributed by atoms with Crippen LogP contribution in [0.2, 0.25) is 5.02 Å². The minimum atomic E-state index is -3.88. The van der Waals surface area contributed by atoms with Gasteiger partial charge >= 0.3 is 0 Å². The van der Waals surface area contributed by atoms with Crippen LogP contribution in [0.25, 0.3) is 0 Å². The molecule has 4 rings (SSSR count). The van der Waals surface area contributed by atoms with E-state index in [4.69, 9.17) is 21.1 Å². The summed E-state index contributed by atoms with van der Waals surface area (Å²) < 4.78 is 39.1. The van der Waals surface area contributed by atoms with Crippen molar-refractivity contribution in [2.24, 2.45) is 0 Å². The third-order valence-electron chi connectivity index (χ3n) is 5.83. The van der Waals surface area contributed by atoms with E-state index in [0.717, 1.165) is 29.8 Å². The van der Waals surface area contributed by atoms with Crippen LogP contribution in [0.3, 0.4) is 0 Å². The standard InChI is InChI=1S/C23H27ClN2O5S/c1-15-13-25(14-16(2)31-15)32(28,29)22-12-18(6-8-20(22)24)23(27)26-10-4-5-17-11-19(30-3)7-9-21(17)26/h6-9,11-12,15-16H,4-5,10,13-14H2,1-3H3/t15-,16+. The number of ether oxygens (including phenoxy) is 2. The zero-order chi connectivity index (χ0) is 23.0. The third kappa shape index (κ3) is 4.37. The molecule has 0 radical (unpaired) electrons. The molecule has 172 valence electrons. The van der Waals surface area contributed by atoms with Gasteiger partial charge in [-0.1, -0.05) is 11.6 Å². The van der Waals surface area contributed by atoms with Crippen LogP contribution in [0, 0.1) is 0 Å². The second-order valence-electron chi connectivity index (χ2n) is 8.28. The number of fused-ring (bicyclic) bond motifs is 1. The Morgan fingerprint density at radius 2 is 1.84 bits per heavy atom. The van der Waals surface area contributed by atoms with Crippen LogP contribution in [0.4, 0.5) is 5.69 Å². The molecule has 32 heavy (non-hydrogen) atoms. The molecule has 0 unspecified atom stereocenters. The number of aryl methyl sites for hydroxylation is 1. The van der Waals surface area contributed by atoms with Gasteiger partial charge in [0.25, 0.3) is 5.91 Å². The fourth-order valence-corrected chi connectivity index (χ4v) is 6.46. The maximum absolute atomic E-state index is 13.4. The number of nitrogens with zero attached hydrogens (tertiary/aromatic N) is 2. The Balaban J connectivity index is 1.67. The van der Waals surface area contributed by atoms with Crippen LogP contribution in [0.5, 0.6) is 5.75 Å². The molecule has 0 spiro atoms. The van der Waals surface area contributed by atoms with Crippen molar-refractivity contribution in [3.8, 4) is 5.75 Å². The molecule has 0 aliphatic carbocycles. The van der Waals surface area contributed by atoms with Gasteiger partial charge in [0.1, 0.15) is 10.6 Å².